The van der Waals surface area contributed by atoms with E-state index in [1.54, 1.807) is 36.4 Å². The number of benzene rings is 2. The third-order valence-electron chi connectivity index (χ3n) is 3.01. The minimum atomic E-state index is -3.89. The molecule has 0 atom stereocenters. The van der Waals surface area contributed by atoms with Crippen LogP contribution in [0.4, 0.5) is 0 Å². The lowest BCUT2D eigenvalue weighted by Gasteiger charge is -2.05. The van der Waals surface area contributed by atoms with E-state index in [2.05, 4.69) is 4.74 Å². The summed E-state index contributed by atoms with van der Waals surface area (Å²) >= 11 is 5.77. The highest BCUT2D eigenvalue weighted by atomic mass is 35.5. The van der Waals surface area contributed by atoms with Gasteiger partial charge >= 0.3 is 16.1 Å². The van der Waals surface area contributed by atoms with Crippen molar-refractivity contribution in [2.24, 2.45) is 0 Å². The molecule has 0 radical (unpaired) electrons. The van der Waals surface area contributed by atoms with E-state index in [0.29, 0.717) is 16.1 Å². The number of ether oxygens (including phenoxy) is 1. The molecule has 126 valence electrons. The fourth-order valence-corrected chi connectivity index (χ4v) is 2.68. The first kappa shape index (κ1) is 18.0. The van der Waals surface area contributed by atoms with Gasteiger partial charge in [0.2, 0.25) is 0 Å². The van der Waals surface area contributed by atoms with Crippen molar-refractivity contribution >= 4 is 33.8 Å². The summed E-state index contributed by atoms with van der Waals surface area (Å²) in [5, 5.41) is 1.54. The Hall–Kier alpha value is -2.31. The second kappa shape index (κ2) is 7.99. The third kappa shape index (κ3) is 5.72. The van der Waals surface area contributed by atoms with Crippen LogP contribution in [0.5, 0.6) is 5.75 Å². The molecule has 24 heavy (non-hydrogen) atoms. The van der Waals surface area contributed by atoms with Crippen LogP contribution in [0.15, 0.2) is 53.9 Å². The Morgan fingerprint density at radius 2 is 1.71 bits per heavy atom. The number of carbonyl (C=O) groups excluding carboxylic acids is 1. The summed E-state index contributed by atoms with van der Waals surface area (Å²) in [5.41, 5.74) is 1.38. The van der Waals surface area contributed by atoms with E-state index in [1.165, 1.54) is 25.3 Å². The fourth-order valence-electron chi connectivity index (χ4n) is 1.80. The highest BCUT2D eigenvalue weighted by molar-refractivity contribution is 7.90. The van der Waals surface area contributed by atoms with Gasteiger partial charge in [-0.15, -0.1) is 0 Å². The minimum Gasteiger partial charge on any atom is -0.469 e. The van der Waals surface area contributed by atoms with Gasteiger partial charge in [0.25, 0.3) is 0 Å². The van der Waals surface area contributed by atoms with Crippen LogP contribution in [0.1, 0.15) is 11.1 Å². The van der Waals surface area contributed by atoms with E-state index in [1.807, 2.05) is 0 Å². The number of carbonyl (C=O) groups is 1. The maximum absolute atomic E-state index is 11.9. The van der Waals surface area contributed by atoms with Crippen molar-refractivity contribution in [3.05, 3.63) is 70.1 Å². The predicted octanol–water partition coefficient (Wildman–Crippen LogP) is 3.44. The Labute approximate surface area is 145 Å². The third-order valence-corrected chi connectivity index (χ3v) is 4.16. The van der Waals surface area contributed by atoms with E-state index < -0.39 is 10.1 Å². The first-order valence-corrected chi connectivity index (χ1v) is 8.77. The van der Waals surface area contributed by atoms with Gasteiger partial charge in [0, 0.05) is 5.02 Å². The average molecular weight is 367 g/mol. The highest BCUT2D eigenvalue weighted by Crippen LogP contribution is 2.17. The van der Waals surface area contributed by atoms with E-state index in [4.69, 9.17) is 15.8 Å². The zero-order valence-electron chi connectivity index (χ0n) is 12.8. The van der Waals surface area contributed by atoms with Gasteiger partial charge in [-0.3, -0.25) is 4.79 Å². The van der Waals surface area contributed by atoms with Crippen molar-refractivity contribution in [1.29, 1.82) is 0 Å². The lowest BCUT2D eigenvalue weighted by atomic mass is 10.1. The van der Waals surface area contributed by atoms with Gasteiger partial charge < -0.3 is 8.92 Å². The Morgan fingerprint density at radius 1 is 1.08 bits per heavy atom. The number of methoxy groups -OCH3 is 1. The monoisotopic (exact) mass is 366 g/mol. The molecule has 0 unspecified atom stereocenters. The summed E-state index contributed by atoms with van der Waals surface area (Å²) in [6.07, 6.45) is 1.53. The molecule has 0 aliphatic rings. The van der Waals surface area contributed by atoms with Crippen LogP contribution in [0.2, 0.25) is 5.02 Å². The fraction of sp³-hybridized carbons (Fsp3) is 0.118. The predicted molar refractivity (Wildman–Crippen MR) is 92.2 cm³/mol. The van der Waals surface area contributed by atoms with Crippen LogP contribution in [0.25, 0.3) is 6.08 Å². The van der Waals surface area contributed by atoms with Crippen LogP contribution in [-0.4, -0.2) is 21.5 Å². The summed E-state index contributed by atoms with van der Waals surface area (Å²) in [7, 11) is -2.58. The second-order valence-corrected chi connectivity index (χ2v) is 6.69. The molecule has 0 amide bonds. The van der Waals surface area contributed by atoms with Crippen LogP contribution >= 0.6 is 11.6 Å². The minimum absolute atomic E-state index is 0.111. The summed E-state index contributed by atoms with van der Waals surface area (Å²) in [6, 6.07) is 12.9. The molecule has 0 bridgehead atoms. The number of hydrogen-bond donors (Lipinski definition) is 0. The highest BCUT2D eigenvalue weighted by Gasteiger charge is 2.09. The molecule has 5 nitrogen and oxygen atoms in total. The van der Waals surface area contributed by atoms with E-state index in [-0.39, 0.29) is 18.1 Å². The maximum atomic E-state index is 11.9. The molecule has 0 N–H and O–H groups in total. The van der Waals surface area contributed by atoms with Crippen LogP contribution < -0.4 is 4.18 Å². The Morgan fingerprint density at radius 3 is 2.29 bits per heavy atom. The molecule has 2 aromatic carbocycles. The summed E-state index contributed by atoms with van der Waals surface area (Å²) in [5.74, 6) is -0.216. The van der Waals surface area contributed by atoms with Crippen molar-refractivity contribution in [1.82, 2.24) is 0 Å². The quantitative estimate of drug-likeness (QED) is 0.578. The Kier molecular flexibility index (Phi) is 6.00. The maximum Gasteiger partial charge on any atom is 0.332 e. The van der Waals surface area contributed by atoms with Gasteiger partial charge in [0.1, 0.15) is 5.75 Å². The molecule has 2 aromatic rings. The molecule has 0 aromatic heterocycles. The molecule has 0 saturated heterocycles. The molecular weight excluding hydrogens is 352 g/mol. The lowest BCUT2D eigenvalue weighted by Crippen LogP contribution is -2.06. The first-order chi connectivity index (χ1) is 11.4. The zero-order valence-corrected chi connectivity index (χ0v) is 14.4. The normalized spacial score (nSPS) is 11.4. The van der Waals surface area contributed by atoms with E-state index in [9.17, 15) is 13.2 Å². The van der Waals surface area contributed by atoms with Crippen molar-refractivity contribution in [2.75, 3.05) is 7.11 Å². The van der Waals surface area contributed by atoms with Gasteiger partial charge in [-0.25, -0.2) is 0 Å². The summed E-state index contributed by atoms with van der Waals surface area (Å²) < 4.78 is 33.4. The summed E-state index contributed by atoms with van der Waals surface area (Å²) in [4.78, 5) is 11.2. The molecule has 0 saturated carbocycles. The number of esters is 1. The molecular formula is C17H15ClO5S. The summed E-state index contributed by atoms with van der Waals surface area (Å²) in [6.45, 7) is 0. The largest absolute Gasteiger partial charge is 0.469 e. The number of halogens is 1. The van der Waals surface area contributed by atoms with Gasteiger partial charge in [-0.2, -0.15) is 8.42 Å². The average Bonchev–Trinajstić information content (AvgIpc) is 2.56. The van der Waals surface area contributed by atoms with Crippen molar-refractivity contribution < 1.29 is 22.1 Å². The Balaban J connectivity index is 2.03. The van der Waals surface area contributed by atoms with Crippen LogP contribution in [-0.2, 0) is 26.1 Å². The van der Waals surface area contributed by atoms with Crippen LogP contribution in [0.3, 0.4) is 0 Å². The molecule has 7 heteroatoms. The molecule has 0 aliphatic heterocycles. The zero-order chi connectivity index (χ0) is 17.6. The molecule has 2 rings (SSSR count). The van der Waals surface area contributed by atoms with Crippen molar-refractivity contribution in [3.63, 3.8) is 0 Å². The number of rotatable bonds is 6. The second-order valence-electron chi connectivity index (χ2n) is 4.83. The van der Waals surface area contributed by atoms with Gasteiger partial charge in [-0.05, 0) is 41.5 Å². The van der Waals surface area contributed by atoms with E-state index in [0.717, 1.165) is 5.41 Å². The van der Waals surface area contributed by atoms with Gasteiger partial charge in [0.05, 0.1) is 18.9 Å². The SMILES string of the molecule is COC(=O)Cc1ccc(OS(=O)(=O)/C=C/c2ccc(Cl)cc2)cc1. The van der Waals surface area contributed by atoms with Gasteiger partial charge in [-0.1, -0.05) is 35.9 Å². The molecule has 0 fully saturated rings. The van der Waals surface area contributed by atoms with Gasteiger partial charge in [0.15, 0.2) is 0 Å². The molecule has 0 aliphatic carbocycles. The molecule has 0 heterocycles. The van der Waals surface area contributed by atoms with Crippen LogP contribution in [0, 0.1) is 0 Å². The topological polar surface area (TPSA) is 69.7 Å². The van der Waals surface area contributed by atoms with E-state index >= 15 is 0 Å². The first-order valence-electron chi connectivity index (χ1n) is 6.92. The Bertz CT molecular complexity index is 824. The van der Waals surface area contributed by atoms with Crippen molar-refractivity contribution in [3.8, 4) is 5.75 Å². The number of hydrogen-bond acceptors (Lipinski definition) is 5. The standard InChI is InChI=1S/C17H15ClO5S/c1-22-17(19)12-14-4-8-16(9-5-14)23-24(20,21)11-10-13-2-6-15(18)7-3-13/h2-11H,12H2,1H3/b11-10+. The smallest absolute Gasteiger partial charge is 0.332 e. The lowest BCUT2D eigenvalue weighted by molar-refractivity contribution is -0.139. The van der Waals surface area contributed by atoms with Crippen molar-refractivity contribution in [2.45, 2.75) is 6.42 Å². The molecule has 0 spiro atoms.